The van der Waals surface area contributed by atoms with Crippen LogP contribution in [0.2, 0.25) is 0 Å². The molecule has 0 aliphatic carbocycles. The molecule has 30 heavy (non-hydrogen) atoms. The van der Waals surface area contributed by atoms with Gasteiger partial charge in [-0.05, 0) is 43.3 Å². The van der Waals surface area contributed by atoms with Crippen molar-refractivity contribution >= 4 is 5.71 Å². The topological polar surface area (TPSA) is 82.0 Å². The first-order valence-corrected chi connectivity index (χ1v) is 9.74. The number of oxime groups is 1. The van der Waals surface area contributed by atoms with Gasteiger partial charge in [-0.3, -0.25) is 4.90 Å². The van der Waals surface area contributed by atoms with Crippen molar-refractivity contribution in [2.24, 2.45) is 5.16 Å². The predicted molar refractivity (Wildman–Crippen MR) is 111 cm³/mol. The molecule has 2 aromatic rings. The van der Waals surface area contributed by atoms with Crippen LogP contribution in [0.1, 0.15) is 29.2 Å². The van der Waals surface area contributed by atoms with Gasteiger partial charge in [-0.25, -0.2) is 0 Å². The van der Waals surface area contributed by atoms with E-state index in [4.69, 9.17) is 23.7 Å². The highest BCUT2D eigenvalue weighted by Crippen LogP contribution is 2.50. The van der Waals surface area contributed by atoms with Gasteiger partial charge in [0.1, 0.15) is 0 Å². The number of rotatable bonds is 6. The monoisotopic (exact) mass is 414 g/mol. The Balaban J connectivity index is 1.73. The van der Waals surface area contributed by atoms with Crippen LogP contribution in [0.3, 0.4) is 0 Å². The van der Waals surface area contributed by atoms with Gasteiger partial charge in [0.05, 0.1) is 27.0 Å². The Morgan fingerprint density at radius 1 is 1.13 bits per heavy atom. The highest BCUT2D eigenvalue weighted by molar-refractivity contribution is 6.01. The molecule has 2 heterocycles. The summed E-state index contributed by atoms with van der Waals surface area (Å²) in [6.07, 6.45) is 1.35. The minimum atomic E-state index is -0.0582. The van der Waals surface area contributed by atoms with E-state index in [1.54, 1.807) is 27.4 Å². The minimum Gasteiger partial charge on any atom is -0.493 e. The smallest absolute Gasteiger partial charge is 0.231 e. The lowest BCUT2D eigenvalue weighted by atomic mass is 9.87. The Hall–Kier alpha value is -3.13. The summed E-state index contributed by atoms with van der Waals surface area (Å²) in [6.45, 7) is 1.05. The summed E-state index contributed by atoms with van der Waals surface area (Å²) in [5, 5.41) is 13.5. The van der Waals surface area contributed by atoms with Crippen molar-refractivity contribution in [2.45, 2.75) is 18.9 Å². The average Bonchev–Trinajstić information content (AvgIpc) is 3.25. The third kappa shape index (κ3) is 3.37. The molecule has 1 atom stereocenters. The van der Waals surface area contributed by atoms with Crippen LogP contribution in [0.4, 0.5) is 0 Å². The number of nitrogens with zero attached hydrogens (tertiary/aromatic N) is 2. The van der Waals surface area contributed by atoms with Gasteiger partial charge in [0.25, 0.3) is 0 Å². The van der Waals surface area contributed by atoms with Crippen molar-refractivity contribution in [1.82, 2.24) is 4.90 Å². The highest BCUT2D eigenvalue weighted by atomic mass is 16.7. The van der Waals surface area contributed by atoms with E-state index in [1.807, 2.05) is 18.2 Å². The Bertz CT molecular complexity index is 975. The molecule has 0 bridgehead atoms. The first-order chi connectivity index (χ1) is 14.6. The van der Waals surface area contributed by atoms with E-state index in [-0.39, 0.29) is 12.8 Å². The fraction of sp³-hybridized carbons (Fsp3) is 0.409. The second-order valence-corrected chi connectivity index (χ2v) is 7.28. The summed E-state index contributed by atoms with van der Waals surface area (Å²) in [7, 11) is 6.86. The molecule has 2 aliphatic heterocycles. The Morgan fingerprint density at radius 2 is 1.93 bits per heavy atom. The molecular weight excluding hydrogens is 388 g/mol. The lowest BCUT2D eigenvalue weighted by Crippen LogP contribution is -2.34. The first-order valence-electron chi connectivity index (χ1n) is 9.74. The average molecular weight is 414 g/mol. The minimum absolute atomic E-state index is 0.0582. The zero-order valence-electron chi connectivity index (χ0n) is 17.6. The van der Waals surface area contributed by atoms with E-state index in [2.05, 4.69) is 17.1 Å². The number of ether oxygens (including phenoxy) is 5. The summed E-state index contributed by atoms with van der Waals surface area (Å²) in [6, 6.07) is 7.45. The lowest BCUT2D eigenvalue weighted by molar-refractivity contribution is 0.170. The van der Waals surface area contributed by atoms with Crippen molar-refractivity contribution in [3.63, 3.8) is 0 Å². The SMILES string of the molecule is COc1ccc(/C(C[C@H]2c3c(cc4c(c3OC)OCO4)CCN2C)=N/O)cc1OC. The van der Waals surface area contributed by atoms with E-state index in [0.29, 0.717) is 40.9 Å². The molecule has 0 unspecified atom stereocenters. The van der Waals surface area contributed by atoms with Crippen molar-refractivity contribution in [3.05, 3.63) is 41.0 Å². The van der Waals surface area contributed by atoms with Gasteiger partial charge in [-0.2, -0.15) is 0 Å². The zero-order valence-corrected chi connectivity index (χ0v) is 17.6. The van der Waals surface area contributed by atoms with Crippen LogP contribution < -0.4 is 23.7 Å². The number of hydrogen-bond donors (Lipinski definition) is 1. The fourth-order valence-electron chi connectivity index (χ4n) is 4.20. The molecule has 2 aliphatic rings. The van der Waals surface area contributed by atoms with Crippen LogP contribution in [0, 0.1) is 0 Å². The quantitative estimate of drug-likeness (QED) is 0.441. The Morgan fingerprint density at radius 3 is 2.63 bits per heavy atom. The summed E-state index contributed by atoms with van der Waals surface area (Å²) < 4.78 is 27.7. The number of fused-ring (bicyclic) bond motifs is 2. The standard InChI is InChI=1S/C22H26N2O6/c1-24-8-7-14-10-19-21(30-12-29-19)22(28-4)20(14)16(24)11-15(23-25)13-5-6-17(26-2)18(9-13)27-3/h5-6,9-10,16,25H,7-8,11-12H2,1-4H3/b23-15+/t16-/m0/s1. The van der Waals surface area contributed by atoms with Gasteiger partial charge in [0.2, 0.25) is 12.5 Å². The molecule has 8 nitrogen and oxygen atoms in total. The van der Waals surface area contributed by atoms with Crippen molar-refractivity contribution in [2.75, 3.05) is 41.7 Å². The normalized spacial score (nSPS) is 18.1. The first kappa shape index (κ1) is 20.2. The molecular formula is C22H26N2O6. The van der Waals surface area contributed by atoms with Gasteiger partial charge in [-0.15, -0.1) is 0 Å². The Kier molecular flexibility index (Phi) is 5.59. The largest absolute Gasteiger partial charge is 0.493 e. The van der Waals surface area contributed by atoms with Gasteiger partial charge in [0, 0.05) is 30.1 Å². The van der Waals surface area contributed by atoms with Crippen LogP contribution in [-0.2, 0) is 6.42 Å². The number of hydrogen-bond acceptors (Lipinski definition) is 8. The van der Waals surface area contributed by atoms with Gasteiger partial charge < -0.3 is 28.9 Å². The second kappa shape index (κ2) is 8.31. The van der Waals surface area contributed by atoms with Gasteiger partial charge in [0.15, 0.2) is 23.0 Å². The summed E-state index contributed by atoms with van der Waals surface area (Å²) in [5.41, 5.74) is 3.50. The van der Waals surface area contributed by atoms with Crippen LogP contribution in [-0.4, -0.2) is 57.5 Å². The summed E-state index contributed by atoms with van der Waals surface area (Å²) in [5.74, 6) is 3.22. The molecule has 0 saturated carbocycles. The second-order valence-electron chi connectivity index (χ2n) is 7.28. The number of methoxy groups -OCH3 is 3. The van der Waals surface area contributed by atoms with Crippen LogP contribution >= 0.6 is 0 Å². The third-order valence-electron chi connectivity index (χ3n) is 5.77. The molecule has 2 aromatic carbocycles. The molecule has 0 spiro atoms. The molecule has 160 valence electrons. The van der Waals surface area contributed by atoms with E-state index in [1.165, 1.54) is 0 Å². The van der Waals surface area contributed by atoms with Gasteiger partial charge in [-0.1, -0.05) is 5.16 Å². The molecule has 1 N–H and O–H groups in total. The molecule has 8 heteroatoms. The van der Waals surface area contributed by atoms with Crippen LogP contribution in [0.25, 0.3) is 0 Å². The highest BCUT2D eigenvalue weighted by Gasteiger charge is 2.35. The molecule has 0 radical (unpaired) electrons. The third-order valence-corrected chi connectivity index (χ3v) is 5.77. The molecule has 4 rings (SSSR count). The predicted octanol–water partition coefficient (Wildman–Crippen LogP) is 3.24. The summed E-state index contributed by atoms with van der Waals surface area (Å²) in [4.78, 5) is 2.24. The number of benzene rings is 2. The molecule has 0 saturated heterocycles. The van der Waals surface area contributed by atoms with E-state index in [9.17, 15) is 5.21 Å². The maximum atomic E-state index is 9.84. The molecule has 0 fully saturated rings. The summed E-state index contributed by atoms with van der Waals surface area (Å²) >= 11 is 0. The zero-order chi connectivity index (χ0) is 21.3. The van der Waals surface area contributed by atoms with Gasteiger partial charge >= 0.3 is 0 Å². The van der Waals surface area contributed by atoms with E-state index >= 15 is 0 Å². The molecule has 0 aromatic heterocycles. The van der Waals surface area contributed by atoms with E-state index < -0.39 is 0 Å². The van der Waals surface area contributed by atoms with Crippen LogP contribution in [0.5, 0.6) is 28.7 Å². The van der Waals surface area contributed by atoms with Crippen molar-refractivity contribution in [1.29, 1.82) is 0 Å². The van der Waals surface area contributed by atoms with Crippen molar-refractivity contribution in [3.8, 4) is 28.7 Å². The van der Waals surface area contributed by atoms with E-state index in [0.717, 1.165) is 29.7 Å². The van der Waals surface area contributed by atoms with Crippen molar-refractivity contribution < 1.29 is 28.9 Å². The lowest BCUT2D eigenvalue weighted by Gasteiger charge is -2.36. The maximum Gasteiger partial charge on any atom is 0.231 e. The Labute approximate surface area is 175 Å². The number of likely N-dealkylation sites (N-methyl/N-ethyl adjacent to an activating group) is 1. The maximum absolute atomic E-state index is 9.84. The fourth-order valence-corrected chi connectivity index (χ4v) is 4.20. The van der Waals surface area contributed by atoms with Crippen LogP contribution in [0.15, 0.2) is 29.4 Å². The molecule has 0 amide bonds.